The van der Waals surface area contributed by atoms with Crippen molar-refractivity contribution >= 4 is 0 Å². The summed E-state index contributed by atoms with van der Waals surface area (Å²) in [6.45, 7) is 5.99. The molecule has 0 saturated carbocycles. The summed E-state index contributed by atoms with van der Waals surface area (Å²) in [6.07, 6.45) is 9.73. The van der Waals surface area contributed by atoms with E-state index in [1.165, 1.54) is 32.1 Å². The third-order valence-electron chi connectivity index (χ3n) is 1.83. The van der Waals surface area contributed by atoms with Gasteiger partial charge in [-0.3, -0.25) is 0 Å². The van der Waals surface area contributed by atoms with E-state index in [0.29, 0.717) is 0 Å². The molecule has 0 heterocycles. The largest absolute Gasteiger partial charge is 0.103 e. The Labute approximate surface area is 77.8 Å². The molecule has 0 atom stereocenters. The van der Waals surface area contributed by atoms with E-state index in [1.807, 2.05) is 0 Å². The van der Waals surface area contributed by atoms with E-state index in [0.717, 1.165) is 19.3 Å². The van der Waals surface area contributed by atoms with E-state index in [4.69, 9.17) is 0 Å². The van der Waals surface area contributed by atoms with Gasteiger partial charge in [0.2, 0.25) is 0 Å². The standard InChI is InChI=1S/C12H21/c1-3-5-7-9-11-12-10-8-6-4-2/h1,3-6,8,10-12H2,2H3. The van der Waals surface area contributed by atoms with Crippen LogP contribution in [0.1, 0.15) is 58.3 Å². The minimum absolute atomic E-state index is 0.947. The van der Waals surface area contributed by atoms with E-state index in [9.17, 15) is 0 Å². The average Bonchev–Trinajstić information content (AvgIpc) is 2.10. The third kappa shape index (κ3) is 9.56. The van der Waals surface area contributed by atoms with Crippen molar-refractivity contribution in [3.8, 4) is 11.8 Å². The molecule has 0 unspecified atom stereocenters. The van der Waals surface area contributed by atoms with Crippen molar-refractivity contribution in [2.24, 2.45) is 0 Å². The van der Waals surface area contributed by atoms with Crippen LogP contribution in [0.2, 0.25) is 0 Å². The van der Waals surface area contributed by atoms with Crippen LogP contribution in [0.5, 0.6) is 0 Å². The van der Waals surface area contributed by atoms with Gasteiger partial charge in [-0.05, 0) is 12.8 Å². The molecule has 0 amide bonds. The Morgan fingerprint density at radius 1 is 0.917 bits per heavy atom. The molecule has 0 nitrogen and oxygen atoms in total. The predicted octanol–water partition coefficient (Wildman–Crippen LogP) is 3.96. The maximum Gasteiger partial charge on any atom is 0.00886 e. The normalized spacial score (nSPS) is 9.17. The van der Waals surface area contributed by atoms with Crippen LogP contribution in [0.25, 0.3) is 0 Å². The molecule has 0 rings (SSSR count). The van der Waals surface area contributed by atoms with Gasteiger partial charge in [0.05, 0.1) is 0 Å². The maximum atomic E-state index is 3.74. The van der Waals surface area contributed by atoms with E-state index in [-0.39, 0.29) is 0 Å². The lowest BCUT2D eigenvalue weighted by molar-refractivity contribution is 0.641. The van der Waals surface area contributed by atoms with E-state index in [2.05, 4.69) is 25.7 Å². The van der Waals surface area contributed by atoms with Gasteiger partial charge in [-0.15, -0.1) is 11.8 Å². The minimum atomic E-state index is 0.947. The zero-order valence-corrected chi connectivity index (χ0v) is 8.36. The van der Waals surface area contributed by atoms with Gasteiger partial charge in [0, 0.05) is 12.8 Å². The molecule has 0 spiro atoms. The van der Waals surface area contributed by atoms with Crippen molar-refractivity contribution in [3.63, 3.8) is 0 Å². The van der Waals surface area contributed by atoms with Gasteiger partial charge in [0.25, 0.3) is 0 Å². The Morgan fingerprint density at radius 3 is 2.25 bits per heavy atom. The highest BCUT2D eigenvalue weighted by atomic mass is 13.9. The van der Waals surface area contributed by atoms with Crippen molar-refractivity contribution in [2.45, 2.75) is 58.3 Å². The first-order valence-corrected chi connectivity index (χ1v) is 5.16. The summed E-state index contributed by atoms with van der Waals surface area (Å²) < 4.78 is 0. The second-order valence-electron chi connectivity index (χ2n) is 3.12. The molecule has 12 heavy (non-hydrogen) atoms. The fourth-order valence-electron chi connectivity index (χ4n) is 1.08. The Bertz CT molecular complexity index is 125. The van der Waals surface area contributed by atoms with E-state index < -0.39 is 0 Å². The summed E-state index contributed by atoms with van der Waals surface area (Å²) in [4.78, 5) is 0. The smallest absolute Gasteiger partial charge is 0.00886 e. The topological polar surface area (TPSA) is 0 Å². The number of hydrogen-bond acceptors (Lipinski definition) is 0. The van der Waals surface area contributed by atoms with E-state index in [1.54, 1.807) is 0 Å². The first kappa shape index (κ1) is 11.6. The molecular weight excluding hydrogens is 144 g/mol. The van der Waals surface area contributed by atoms with Crippen molar-refractivity contribution in [2.75, 3.05) is 0 Å². The molecule has 0 saturated heterocycles. The molecule has 0 aliphatic carbocycles. The Hall–Kier alpha value is -0.440. The van der Waals surface area contributed by atoms with Crippen LogP contribution in [0, 0.1) is 18.8 Å². The zero-order chi connectivity index (χ0) is 9.07. The Kier molecular flexibility index (Phi) is 10.2. The van der Waals surface area contributed by atoms with Gasteiger partial charge in [0.15, 0.2) is 0 Å². The zero-order valence-electron chi connectivity index (χ0n) is 8.36. The maximum absolute atomic E-state index is 3.74. The fourth-order valence-corrected chi connectivity index (χ4v) is 1.08. The molecule has 0 aromatic heterocycles. The molecule has 0 aliphatic heterocycles. The lowest BCUT2D eigenvalue weighted by Crippen LogP contribution is -1.76. The van der Waals surface area contributed by atoms with E-state index >= 15 is 0 Å². The first-order valence-electron chi connectivity index (χ1n) is 5.16. The van der Waals surface area contributed by atoms with Crippen molar-refractivity contribution in [3.05, 3.63) is 6.92 Å². The van der Waals surface area contributed by atoms with Crippen molar-refractivity contribution in [1.29, 1.82) is 0 Å². The highest BCUT2D eigenvalue weighted by Gasteiger charge is 1.85. The molecule has 0 fully saturated rings. The molecule has 0 N–H and O–H groups in total. The van der Waals surface area contributed by atoms with Crippen LogP contribution in [-0.4, -0.2) is 0 Å². The fraction of sp³-hybridized carbons (Fsp3) is 0.750. The molecule has 0 aromatic rings. The monoisotopic (exact) mass is 165 g/mol. The molecule has 0 aliphatic rings. The minimum Gasteiger partial charge on any atom is -0.103 e. The highest BCUT2D eigenvalue weighted by molar-refractivity contribution is 4.98. The first-order chi connectivity index (χ1) is 5.91. The molecule has 0 bridgehead atoms. The van der Waals surface area contributed by atoms with Crippen LogP contribution in [0.15, 0.2) is 0 Å². The highest BCUT2D eigenvalue weighted by Crippen LogP contribution is 2.03. The van der Waals surface area contributed by atoms with Gasteiger partial charge >= 0.3 is 0 Å². The van der Waals surface area contributed by atoms with Gasteiger partial charge in [-0.1, -0.05) is 39.5 Å². The lowest BCUT2D eigenvalue weighted by Gasteiger charge is -1.94. The number of unbranched alkanes of at least 4 members (excludes halogenated alkanes) is 6. The van der Waals surface area contributed by atoms with Gasteiger partial charge < -0.3 is 0 Å². The summed E-state index contributed by atoms with van der Waals surface area (Å²) >= 11 is 0. The Balaban J connectivity index is 2.96. The predicted molar refractivity (Wildman–Crippen MR) is 55.7 cm³/mol. The van der Waals surface area contributed by atoms with Crippen LogP contribution in [0.4, 0.5) is 0 Å². The second kappa shape index (κ2) is 10.6. The lowest BCUT2D eigenvalue weighted by atomic mass is 10.1. The van der Waals surface area contributed by atoms with Gasteiger partial charge in [-0.25, -0.2) is 0 Å². The summed E-state index contributed by atoms with van der Waals surface area (Å²) in [5.74, 6) is 6.29. The van der Waals surface area contributed by atoms with Crippen LogP contribution in [0.3, 0.4) is 0 Å². The summed E-state index contributed by atoms with van der Waals surface area (Å²) in [7, 11) is 0. The summed E-state index contributed by atoms with van der Waals surface area (Å²) in [5.41, 5.74) is 0. The molecular formula is C12H21. The Morgan fingerprint density at radius 2 is 1.58 bits per heavy atom. The average molecular weight is 165 g/mol. The van der Waals surface area contributed by atoms with Crippen LogP contribution < -0.4 is 0 Å². The SMILES string of the molecule is [CH2]CCC#CCCCCCCC. The number of hydrogen-bond donors (Lipinski definition) is 0. The third-order valence-corrected chi connectivity index (χ3v) is 1.83. The van der Waals surface area contributed by atoms with Gasteiger partial charge in [0.1, 0.15) is 0 Å². The molecule has 0 heteroatoms. The number of rotatable bonds is 6. The van der Waals surface area contributed by atoms with Crippen LogP contribution >= 0.6 is 0 Å². The summed E-state index contributed by atoms with van der Waals surface area (Å²) in [6, 6.07) is 0. The molecule has 0 aromatic carbocycles. The second-order valence-corrected chi connectivity index (χ2v) is 3.12. The van der Waals surface area contributed by atoms with Gasteiger partial charge in [-0.2, -0.15) is 0 Å². The van der Waals surface area contributed by atoms with Crippen molar-refractivity contribution < 1.29 is 0 Å². The van der Waals surface area contributed by atoms with Crippen LogP contribution in [-0.2, 0) is 0 Å². The molecule has 1 radical (unpaired) electrons. The summed E-state index contributed by atoms with van der Waals surface area (Å²) in [5, 5.41) is 0. The van der Waals surface area contributed by atoms with Crippen molar-refractivity contribution in [1.82, 2.24) is 0 Å². The molecule has 69 valence electrons. The quantitative estimate of drug-likeness (QED) is 0.413.